The highest BCUT2D eigenvalue weighted by molar-refractivity contribution is 6.35. The Morgan fingerprint density at radius 3 is 2.75 bits per heavy atom. The van der Waals surface area contributed by atoms with Gasteiger partial charge in [-0.2, -0.15) is 0 Å². The molecule has 2 rings (SSSR count). The van der Waals surface area contributed by atoms with Crippen LogP contribution in [0.15, 0.2) is 42.5 Å². The summed E-state index contributed by atoms with van der Waals surface area (Å²) in [6, 6.07) is 12.1. The molecule has 0 aliphatic carbocycles. The number of hydrogen-bond donors (Lipinski definition) is 2. The number of nitrogen functional groups attached to an aromatic ring is 1. The number of hydrogen-bond acceptors (Lipinski definition) is 3. The maximum atomic E-state index is 12.2. The largest absolute Gasteiger partial charge is 0.494 e. The first-order chi connectivity index (χ1) is 9.61. The molecule has 1 amide bonds. The number of rotatable bonds is 4. The third-order valence-electron chi connectivity index (χ3n) is 2.68. The quantitative estimate of drug-likeness (QED) is 0.846. The van der Waals surface area contributed by atoms with Crippen LogP contribution in [0.1, 0.15) is 17.3 Å². The van der Waals surface area contributed by atoms with E-state index < -0.39 is 0 Å². The highest BCUT2D eigenvalue weighted by Gasteiger charge is 2.14. The average Bonchev–Trinajstić information content (AvgIpc) is 2.39. The molecule has 2 aromatic carbocycles. The van der Waals surface area contributed by atoms with Crippen LogP contribution in [0.5, 0.6) is 5.75 Å². The Bertz CT molecular complexity index is 609. The minimum absolute atomic E-state index is 0.274. The fraction of sp³-hybridized carbons (Fsp3) is 0.133. The van der Waals surface area contributed by atoms with Crippen LogP contribution in [0.3, 0.4) is 0 Å². The van der Waals surface area contributed by atoms with E-state index in [-0.39, 0.29) is 11.5 Å². The number of carbonyl (C=O) groups excluding carboxylic acids is 1. The van der Waals surface area contributed by atoms with Crippen molar-refractivity contribution in [2.45, 2.75) is 6.92 Å². The Morgan fingerprint density at radius 1 is 1.30 bits per heavy atom. The van der Waals surface area contributed by atoms with Crippen LogP contribution in [0.25, 0.3) is 0 Å². The summed E-state index contributed by atoms with van der Waals surface area (Å²) in [6.07, 6.45) is 0. The van der Waals surface area contributed by atoms with Gasteiger partial charge in [0.2, 0.25) is 0 Å². The summed E-state index contributed by atoms with van der Waals surface area (Å²) in [4.78, 5) is 12.2. The first-order valence-corrected chi connectivity index (χ1v) is 6.58. The molecule has 104 valence electrons. The molecule has 4 nitrogen and oxygen atoms in total. The Balaban J connectivity index is 2.21. The van der Waals surface area contributed by atoms with Crippen molar-refractivity contribution in [3.63, 3.8) is 0 Å². The van der Waals surface area contributed by atoms with Gasteiger partial charge in [0.15, 0.2) is 0 Å². The zero-order valence-electron chi connectivity index (χ0n) is 11.0. The minimum atomic E-state index is -0.346. The summed E-state index contributed by atoms with van der Waals surface area (Å²) < 4.78 is 5.38. The van der Waals surface area contributed by atoms with Crippen LogP contribution in [-0.4, -0.2) is 12.5 Å². The fourth-order valence-electron chi connectivity index (χ4n) is 1.80. The van der Waals surface area contributed by atoms with Gasteiger partial charge in [0, 0.05) is 17.4 Å². The number of nitrogens with one attached hydrogen (secondary N) is 1. The predicted octanol–water partition coefficient (Wildman–Crippen LogP) is 3.57. The Labute approximate surface area is 122 Å². The summed E-state index contributed by atoms with van der Waals surface area (Å²) in [5, 5.41) is 3.08. The molecule has 0 aliphatic heterocycles. The van der Waals surface area contributed by atoms with Gasteiger partial charge >= 0.3 is 0 Å². The normalized spacial score (nSPS) is 10.1. The van der Waals surface area contributed by atoms with E-state index in [0.717, 1.165) is 0 Å². The van der Waals surface area contributed by atoms with Crippen molar-refractivity contribution in [3.8, 4) is 5.75 Å². The number of halogens is 1. The molecule has 0 aromatic heterocycles. The van der Waals surface area contributed by atoms with Crippen molar-refractivity contribution in [2.75, 3.05) is 17.7 Å². The second kappa shape index (κ2) is 6.30. The van der Waals surface area contributed by atoms with E-state index in [9.17, 15) is 4.79 Å². The number of anilines is 2. The molecule has 0 radical (unpaired) electrons. The van der Waals surface area contributed by atoms with Gasteiger partial charge < -0.3 is 15.8 Å². The maximum Gasteiger partial charge on any atom is 0.259 e. The van der Waals surface area contributed by atoms with Gasteiger partial charge in [-0.1, -0.05) is 23.7 Å². The van der Waals surface area contributed by atoms with Gasteiger partial charge in [-0.25, -0.2) is 0 Å². The molecule has 0 atom stereocenters. The summed E-state index contributed by atoms with van der Waals surface area (Å²) in [5.74, 6) is 0.346. The molecule has 0 unspecified atom stereocenters. The van der Waals surface area contributed by atoms with Crippen LogP contribution in [0, 0.1) is 0 Å². The minimum Gasteiger partial charge on any atom is -0.494 e. The summed E-state index contributed by atoms with van der Waals surface area (Å²) in [6.45, 7) is 2.46. The lowest BCUT2D eigenvalue weighted by Gasteiger charge is -2.10. The van der Waals surface area contributed by atoms with Gasteiger partial charge in [0.05, 0.1) is 17.2 Å². The lowest BCUT2D eigenvalue weighted by molar-refractivity contribution is 0.102. The Hall–Kier alpha value is -2.20. The van der Waals surface area contributed by atoms with Crippen LogP contribution >= 0.6 is 11.6 Å². The van der Waals surface area contributed by atoms with E-state index in [1.165, 1.54) is 0 Å². The second-order valence-electron chi connectivity index (χ2n) is 4.12. The fourth-order valence-corrected chi connectivity index (χ4v) is 2.07. The molecular weight excluding hydrogens is 276 g/mol. The summed E-state index contributed by atoms with van der Waals surface area (Å²) >= 11 is 6.01. The molecule has 20 heavy (non-hydrogen) atoms. The molecule has 0 aliphatic rings. The number of benzene rings is 2. The van der Waals surface area contributed by atoms with E-state index in [4.69, 9.17) is 22.1 Å². The van der Waals surface area contributed by atoms with Crippen molar-refractivity contribution in [1.29, 1.82) is 0 Å². The number of amides is 1. The second-order valence-corrected chi connectivity index (χ2v) is 4.53. The lowest BCUT2D eigenvalue weighted by Crippen LogP contribution is -2.14. The van der Waals surface area contributed by atoms with Gasteiger partial charge in [0.25, 0.3) is 5.91 Å². The van der Waals surface area contributed by atoms with Gasteiger partial charge in [-0.15, -0.1) is 0 Å². The Morgan fingerprint density at radius 2 is 2.05 bits per heavy atom. The molecule has 5 heteroatoms. The topological polar surface area (TPSA) is 64.3 Å². The SMILES string of the molecule is CCOc1cccc(NC(=O)c2c(N)cccc2Cl)c1. The van der Waals surface area contributed by atoms with Crippen LogP contribution in [0.2, 0.25) is 5.02 Å². The van der Waals surface area contributed by atoms with Crippen molar-refractivity contribution in [3.05, 3.63) is 53.1 Å². The zero-order valence-corrected chi connectivity index (χ0v) is 11.8. The molecule has 0 spiro atoms. The van der Waals surface area contributed by atoms with E-state index in [2.05, 4.69) is 5.32 Å². The van der Waals surface area contributed by atoms with Gasteiger partial charge in [-0.05, 0) is 31.2 Å². The molecule has 0 saturated heterocycles. The average molecular weight is 291 g/mol. The molecule has 2 aromatic rings. The third-order valence-corrected chi connectivity index (χ3v) is 2.99. The van der Waals surface area contributed by atoms with Crippen LogP contribution in [0.4, 0.5) is 11.4 Å². The molecule has 0 saturated carbocycles. The first-order valence-electron chi connectivity index (χ1n) is 6.20. The van der Waals surface area contributed by atoms with E-state index in [1.54, 1.807) is 36.4 Å². The molecule has 0 bridgehead atoms. The number of carbonyl (C=O) groups is 1. The smallest absolute Gasteiger partial charge is 0.259 e. The molecule has 3 N–H and O–H groups in total. The number of ether oxygens (including phenoxy) is 1. The van der Waals surface area contributed by atoms with E-state index in [0.29, 0.717) is 28.8 Å². The molecular formula is C15H15ClN2O2. The number of nitrogens with two attached hydrogens (primary N) is 1. The van der Waals surface area contributed by atoms with Crippen molar-refractivity contribution < 1.29 is 9.53 Å². The highest BCUT2D eigenvalue weighted by atomic mass is 35.5. The highest BCUT2D eigenvalue weighted by Crippen LogP contribution is 2.24. The monoisotopic (exact) mass is 290 g/mol. The van der Waals surface area contributed by atoms with E-state index >= 15 is 0 Å². The molecule has 0 fully saturated rings. The third kappa shape index (κ3) is 3.22. The van der Waals surface area contributed by atoms with Gasteiger partial charge in [-0.3, -0.25) is 4.79 Å². The van der Waals surface area contributed by atoms with Crippen molar-refractivity contribution in [2.24, 2.45) is 0 Å². The van der Waals surface area contributed by atoms with Crippen LogP contribution < -0.4 is 15.8 Å². The van der Waals surface area contributed by atoms with Crippen LogP contribution in [-0.2, 0) is 0 Å². The summed E-state index contributed by atoms with van der Waals surface area (Å²) in [5.41, 5.74) is 7.03. The van der Waals surface area contributed by atoms with Gasteiger partial charge in [0.1, 0.15) is 5.75 Å². The first kappa shape index (κ1) is 14.2. The summed E-state index contributed by atoms with van der Waals surface area (Å²) in [7, 11) is 0. The maximum absolute atomic E-state index is 12.2. The standard InChI is InChI=1S/C15H15ClN2O2/c1-2-20-11-6-3-5-10(9-11)18-15(19)14-12(16)7-4-8-13(14)17/h3-9H,2,17H2,1H3,(H,18,19). The Kier molecular flexibility index (Phi) is 4.48. The molecule has 0 heterocycles. The van der Waals surface area contributed by atoms with Crippen molar-refractivity contribution in [1.82, 2.24) is 0 Å². The van der Waals surface area contributed by atoms with Crippen molar-refractivity contribution >= 4 is 28.9 Å². The lowest BCUT2D eigenvalue weighted by atomic mass is 10.1. The van der Waals surface area contributed by atoms with E-state index in [1.807, 2.05) is 13.0 Å². The zero-order chi connectivity index (χ0) is 14.5. The predicted molar refractivity (Wildman–Crippen MR) is 81.4 cm³/mol.